The Labute approximate surface area is 162 Å². The van der Waals surface area contributed by atoms with Crippen LogP contribution in [-0.4, -0.2) is 35.5 Å². The molecule has 0 saturated carbocycles. The number of hydrogen-bond acceptors (Lipinski definition) is 8. The van der Waals surface area contributed by atoms with Gasteiger partial charge in [0.1, 0.15) is 0 Å². The molecule has 0 unspecified atom stereocenters. The van der Waals surface area contributed by atoms with Gasteiger partial charge in [-0.2, -0.15) is 4.98 Å². The summed E-state index contributed by atoms with van der Waals surface area (Å²) in [6, 6.07) is 12.0. The average Bonchev–Trinajstić information content (AvgIpc) is 3.42. The molecule has 7 nitrogen and oxygen atoms in total. The van der Waals surface area contributed by atoms with Crippen molar-refractivity contribution >= 4 is 38.3 Å². The molecule has 0 aliphatic carbocycles. The minimum Gasteiger partial charge on any atom is -0.339 e. The summed E-state index contributed by atoms with van der Waals surface area (Å²) < 4.78 is 8.69. The lowest BCUT2D eigenvalue weighted by atomic mass is 10.2. The van der Waals surface area contributed by atoms with E-state index in [0.29, 0.717) is 11.7 Å². The predicted octanol–water partition coefficient (Wildman–Crippen LogP) is 4.11. The van der Waals surface area contributed by atoms with Gasteiger partial charge in [0, 0.05) is 30.1 Å². The number of thioether (sulfide) groups is 1. The smallest absolute Gasteiger partial charge is 0.226 e. The van der Waals surface area contributed by atoms with E-state index >= 15 is 0 Å². The number of aromatic nitrogens is 6. The third-order valence-corrected chi connectivity index (χ3v) is 6.11. The molecule has 0 saturated heterocycles. The van der Waals surface area contributed by atoms with Crippen LogP contribution in [0.5, 0.6) is 0 Å². The highest BCUT2D eigenvalue weighted by Crippen LogP contribution is 2.29. The minimum atomic E-state index is 0.601. The maximum absolute atomic E-state index is 5.35. The summed E-state index contributed by atoms with van der Waals surface area (Å²) in [5.74, 6) is 2.15. The van der Waals surface area contributed by atoms with Crippen LogP contribution >= 0.6 is 23.1 Å². The number of aryl methyl sites for hydroxylation is 1. The van der Waals surface area contributed by atoms with Crippen molar-refractivity contribution in [2.24, 2.45) is 0 Å². The van der Waals surface area contributed by atoms with E-state index in [2.05, 4.69) is 41.9 Å². The molecule has 0 bridgehead atoms. The van der Waals surface area contributed by atoms with E-state index in [4.69, 9.17) is 4.52 Å². The van der Waals surface area contributed by atoms with Gasteiger partial charge in [0.05, 0.1) is 10.2 Å². The molecule has 0 radical (unpaired) electrons. The first-order valence-electron chi connectivity index (χ1n) is 8.47. The summed E-state index contributed by atoms with van der Waals surface area (Å²) in [4.78, 5) is 9.38. The Hall–Kier alpha value is -2.78. The molecule has 27 heavy (non-hydrogen) atoms. The summed E-state index contributed by atoms with van der Waals surface area (Å²) in [5.41, 5.74) is 2.06. The van der Waals surface area contributed by atoms with Gasteiger partial charge in [0.15, 0.2) is 5.16 Å². The van der Waals surface area contributed by atoms with Gasteiger partial charge in [-0.1, -0.05) is 40.4 Å². The van der Waals surface area contributed by atoms with Crippen LogP contribution in [0.4, 0.5) is 0 Å². The zero-order valence-corrected chi connectivity index (χ0v) is 15.8. The quantitative estimate of drug-likeness (QED) is 0.316. The van der Waals surface area contributed by atoms with E-state index in [1.807, 2.05) is 24.3 Å². The largest absolute Gasteiger partial charge is 0.339 e. The number of rotatable bonds is 6. The van der Waals surface area contributed by atoms with Crippen molar-refractivity contribution in [3.8, 4) is 11.4 Å². The minimum absolute atomic E-state index is 0.601. The lowest BCUT2D eigenvalue weighted by Gasteiger charge is -1.98. The summed E-state index contributed by atoms with van der Waals surface area (Å²) >= 11 is 3.35. The van der Waals surface area contributed by atoms with E-state index in [1.54, 1.807) is 35.5 Å². The van der Waals surface area contributed by atoms with Gasteiger partial charge in [-0.05, 0) is 30.7 Å². The number of benzene rings is 1. The maximum Gasteiger partial charge on any atom is 0.226 e. The topological polar surface area (TPSA) is 82.0 Å². The normalized spacial score (nSPS) is 11.6. The first-order valence-corrected chi connectivity index (χ1v) is 10.3. The Balaban J connectivity index is 1.23. The van der Waals surface area contributed by atoms with Crippen molar-refractivity contribution in [3.63, 3.8) is 0 Å². The van der Waals surface area contributed by atoms with Crippen molar-refractivity contribution in [1.29, 1.82) is 0 Å². The van der Waals surface area contributed by atoms with E-state index in [1.165, 1.54) is 4.70 Å². The average molecular weight is 394 g/mol. The molecule has 0 amide bonds. The van der Waals surface area contributed by atoms with E-state index in [-0.39, 0.29) is 0 Å². The van der Waals surface area contributed by atoms with Crippen molar-refractivity contribution < 1.29 is 4.52 Å². The molecule has 0 atom stereocenters. The van der Waals surface area contributed by atoms with Gasteiger partial charge in [-0.15, -0.1) is 10.2 Å². The number of para-hydroxylation sites is 1. The molecular weight excluding hydrogens is 380 g/mol. The predicted molar refractivity (Wildman–Crippen MR) is 105 cm³/mol. The Morgan fingerprint density at radius 1 is 1.07 bits per heavy atom. The third-order valence-electron chi connectivity index (χ3n) is 4.08. The zero-order valence-electron chi connectivity index (χ0n) is 14.1. The summed E-state index contributed by atoms with van der Waals surface area (Å²) in [6.45, 7) is 0. The van der Waals surface area contributed by atoms with Gasteiger partial charge in [0.2, 0.25) is 16.7 Å². The van der Waals surface area contributed by atoms with Crippen LogP contribution in [0.3, 0.4) is 0 Å². The fourth-order valence-electron chi connectivity index (χ4n) is 2.81. The molecule has 4 aromatic heterocycles. The highest BCUT2D eigenvalue weighted by atomic mass is 32.2. The van der Waals surface area contributed by atoms with Gasteiger partial charge >= 0.3 is 0 Å². The van der Waals surface area contributed by atoms with E-state index < -0.39 is 0 Å². The molecule has 5 rings (SSSR count). The summed E-state index contributed by atoms with van der Waals surface area (Å²) in [7, 11) is 0. The van der Waals surface area contributed by atoms with Crippen LogP contribution in [-0.2, 0) is 6.42 Å². The van der Waals surface area contributed by atoms with Gasteiger partial charge < -0.3 is 4.52 Å². The van der Waals surface area contributed by atoms with Crippen LogP contribution in [0.2, 0.25) is 0 Å². The first-order chi connectivity index (χ1) is 13.4. The molecule has 1 aromatic carbocycles. The molecule has 9 heteroatoms. The Morgan fingerprint density at radius 3 is 2.89 bits per heavy atom. The number of thiazole rings is 1. The molecule has 0 fully saturated rings. The molecular formula is C18H14N6OS2. The number of fused-ring (bicyclic) bond motifs is 3. The van der Waals surface area contributed by atoms with Crippen LogP contribution in [0.1, 0.15) is 12.3 Å². The van der Waals surface area contributed by atoms with Crippen molar-refractivity contribution in [2.75, 3.05) is 5.75 Å². The third kappa shape index (κ3) is 3.19. The number of nitrogens with zero attached hydrogens (tertiary/aromatic N) is 6. The SMILES string of the molecule is c1ccc2c(c1)sc1nnc(SCCCc3nc(-c4ccncc4)no3)n12. The maximum atomic E-state index is 5.35. The van der Waals surface area contributed by atoms with Crippen LogP contribution in [0, 0.1) is 0 Å². The fourth-order valence-corrected chi connectivity index (χ4v) is 4.72. The molecule has 0 spiro atoms. The van der Waals surface area contributed by atoms with Gasteiger partial charge in [-0.3, -0.25) is 9.38 Å². The summed E-state index contributed by atoms with van der Waals surface area (Å²) in [5, 5.41) is 13.6. The standard InChI is InChI=1S/C18H14N6OS2/c1-2-5-14-13(4-1)24-17(21-22-18(24)27-14)26-11-3-6-15-20-16(23-25-15)12-7-9-19-10-8-12/h1-2,4-5,7-10H,3,6,11H2. The Morgan fingerprint density at radius 2 is 1.96 bits per heavy atom. The second-order valence-corrected chi connectivity index (χ2v) is 7.94. The Bertz CT molecular complexity index is 1200. The molecule has 0 aliphatic rings. The van der Waals surface area contributed by atoms with E-state index in [0.717, 1.165) is 39.8 Å². The number of pyridine rings is 1. The first kappa shape index (κ1) is 16.4. The van der Waals surface area contributed by atoms with Crippen LogP contribution in [0.25, 0.3) is 26.6 Å². The molecule has 4 heterocycles. The van der Waals surface area contributed by atoms with Gasteiger partial charge in [-0.25, -0.2) is 0 Å². The second-order valence-electron chi connectivity index (χ2n) is 5.87. The highest BCUT2D eigenvalue weighted by molar-refractivity contribution is 7.99. The van der Waals surface area contributed by atoms with Crippen LogP contribution < -0.4 is 0 Å². The summed E-state index contributed by atoms with van der Waals surface area (Å²) in [6.07, 6.45) is 5.09. The van der Waals surface area contributed by atoms with Crippen LogP contribution in [0.15, 0.2) is 58.5 Å². The van der Waals surface area contributed by atoms with Gasteiger partial charge in [0.25, 0.3) is 0 Å². The molecule has 0 N–H and O–H groups in total. The fraction of sp³-hybridized carbons (Fsp3) is 0.167. The van der Waals surface area contributed by atoms with Crippen molar-refractivity contribution in [1.82, 2.24) is 29.7 Å². The molecule has 5 aromatic rings. The number of hydrogen-bond donors (Lipinski definition) is 0. The molecule has 0 aliphatic heterocycles. The lowest BCUT2D eigenvalue weighted by Crippen LogP contribution is -1.91. The molecule has 134 valence electrons. The zero-order chi connectivity index (χ0) is 18.1. The van der Waals surface area contributed by atoms with E-state index in [9.17, 15) is 0 Å². The second kappa shape index (κ2) is 7.09. The Kier molecular flexibility index (Phi) is 4.30. The monoisotopic (exact) mass is 394 g/mol. The lowest BCUT2D eigenvalue weighted by molar-refractivity contribution is 0.378. The van der Waals surface area contributed by atoms with Crippen molar-refractivity contribution in [3.05, 3.63) is 54.7 Å². The highest BCUT2D eigenvalue weighted by Gasteiger charge is 2.13. The van der Waals surface area contributed by atoms with Crippen molar-refractivity contribution in [2.45, 2.75) is 18.0 Å².